The Morgan fingerprint density at radius 2 is 2.04 bits per heavy atom. The molecule has 1 amide bonds. The highest BCUT2D eigenvalue weighted by molar-refractivity contribution is 7.89. The Morgan fingerprint density at radius 1 is 1.29 bits per heavy atom. The van der Waals surface area contributed by atoms with Crippen molar-refractivity contribution < 1.29 is 22.9 Å². The number of ether oxygens (including phenoxy) is 1. The summed E-state index contributed by atoms with van der Waals surface area (Å²) in [5.41, 5.74) is -0.494. The maximum Gasteiger partial charge on any atom is 0.312 e. The first kappa shape index (κ1) is 20.2. The SMILES string of the molecule is O=C(COc1ccc(S(=O)(=O)N2CCCC2)cc1[N+](=O)[O-])NCc1cccs1. The molecule has 0 radical (unpaired) electrons. The number of thiophene rings is 1. The predicted molar refractivity (Wildman–Crippen MR) is 103 cm³/mol. The molecule has 1 aliphatic heterocycles. The van der Waals surface area contributed by atoms with E-state index in [0.717, 1.165) is 23.8 Å². The molecule has 28 heavy (non-hydrogen) atoms. The maximum atomic E-state index is 12.6. The zero-order valence-electron chi connectivity index (χ0n) is 14.9. The van der Waals surface area contributed by atoms with Gasteiger partial charge in [-0.05, 0) is 36.4 Å². The van der Waals surface area contributed by atoms with Gasteiger partial charge in [0.1, 0.15) is 0 Å². The van der Waals surface area contributed by atoms with E-state index in [2.05, 4.69) is 5.32 Å². The quantitative estimate of drug-likeness (QED) is 0.511. The first-order chi connectivity index (χ1) is 13.4. The van der Waals surface area contributed by atoms with Gasteiger partial charge in [-0.2, -0.15) is 4.31 Å². The molecule has 0 aliphatic carbocycles. The lowest BCUT2D eigenvalue weighted by molar-refractivity contribution is -0.386. The molecule has 0 bridgehead atoms. The fourth-order valence-corrected chi connectivity index (χ4v) is 4.98. The van der Waals surface area contributed by atoms with Gasteiger partial charge in [-0.3, -0.25) is 14.9 Å². The third kappa shape index (κ3) is 4.66. The second kappa shape index (κ2) is 8.67. The van der Waals surface area contributed by atoms with E-state index in [-0.39, 0.29) is 10.6 Å². The van der Waals surface area contributed by atoms with Gasteiger partial charge in [-0.25, -0.2) is 8.42 Å². The van der Waals surface area contributed by atoms with Crippen LogP contribution in [0.5, 0.6) is 5.75 Å². The molecule has 1 fully saturated rings. The Kier molecular flexibility index (Phi) is 6.27. The Labute approximate surface area is 166 Å². The summed E-state index contributed by atoms with van der Waals surface area (Å²) in [7, 11) is -3.78. The second-order valence-corrected chi connectivity index (χ2v) is 9.11. The van der Waals surface area contributed by atoms with Crippen molar-refractivity contribution in [3.63, 3.8) is 0 Å². The number of hydrogen-bond donors (Lipinski definition) is 1. The van der Waals surface area contributed by atoms with Crippen molar-refractivity contribution in [3.8, 4) is 5.75 Å². The van der Waals surface area contributed by atoms with Crippen LogP contribution in [0.3, 0.4) is 0 Å². The third-order valence-corrected chi connectivity index (χ3v) is 7.00. The molecule has 1 aromatic heterocycles. The molecule has 9 nitrogen and oxygen atoms in total. The predicted octanol–water partition coefficient (Wildman–Crippen LogP) is 2.14. The van der Waals surface area contributed by atoms with Crippen molar-refractivity contribution in [2.45, 2.75) is 24.3 Å². The number of nitrogens with one attached hydrogen (secondary N) is 1. The highest BCUT2D eigenvalue weighted by atomic mass is 32.2. The lowest BCUT2D eigenvalue weighted by atomic mass is 10.3. The summed E-state index contributed by atoms with van der Waals surface area (Å²) < 4.78 is 31.7. The first-order valence-corrected chi connectivity index (χ1v) is 10.9. The van der Waals surface area contributed by atoms with E-state index in [4.69, 9.17) is 4.74 Å². The molecule has 3 rings (SSSR count). The first-order valence-electron chi connectivity index (χ1n) is 8.58. The number of nitro benzene ring substituents is 1. The van der Waals surface area contributed by atoms with Crippen molar-refractivity contribution in [1.82, 2.24) is 9.62 Å². The third-order valence-electron chi connectivity index (χ3n) is 4.23. The van der Waals surface area contributed by atoms with Gasteiger partial charge in [0.2, 0.25) is 10.0 Å². The van der Waals surface area contributed by atoms with Gasteiger partial charge < -0.3 is 10.1 Å². The highest BCUT2D eigenvalue weighted by Crippen LogP contribution is 2.31. The van der Waals surface area contributed by atoms with Crippen LogP contribution in [0.1, 0.15) is 17.7 Å². The smallest absolute Gasteiger partial charge is 0.312 e. The topological polar surface area (TPSA) is 119 Å². The van der Waals surface area contributed by atoms with E-state index in [1.165, 1.54) is 27.8 Å². The number of amides is 1. The molecule has 150 valence electrons. The fraction of sp³-hybridized carbons (Fsp3) is 0.353. The summed E-state index contributed by atoms with van der Waals surface area (Å²) in [4.78, 5) is 23.3. The zero-order valence-corrected chi connectivity index (χ0v) is 16.5. The van der Waals surface area contributed by atoms with Gasteiger partial charge in [0.25, 0.3) is 5.91 Å². The van der Waals surface area contributed by atoms with Gasteiger partial charge in [-0.15, -0.1) is 11.3 Å². The minimum Gasteiger partial charge on any atom is -0.477 e. The summed E-state index contributed by atoms with van der Waals surface area (Å²) in [6.45, 7) is 0.733. The Balaban J connectivity index is 1.69. The normalized spacial score (nSPS) is 14.7. The van der Waals surface area contributed by atoms with Crippen LogP contribution in [0.25, 0.3) is 0 Å². The molecule has 1 saturated heterocycles. The molecule has 0 saturated carbocycles. The van der Waals surface area contributed by atoms with Crippen molar-refractivity contribution in [2.75, 3.05) is 19.7 Å². The number of nitro groups is 1. The van der Waals surface area contributed by atoms with E-state index < -0.39 is 33.1 Å². The molecule has 0 unspecified atom stereocenters. The van der Waals surface area contributed by atoms with Gasteiger partial charge >= 0.3 is 5.69 Å². The molecule has 0 spiro atoms. The largest absolute Gasteiger partial charge is 0.477 e. The van der Waals surface area contributed by atoms with Crippen molar-refractivity contribution in [3.05, 3.63) is 50.7 Å². The average molecular weight is 425 g/mol. The minimum absolute atomic E-state index is 0.156. The number of carbonyl (C=O) groups is 1. The molecule has 1 aliphatic rings. The summed E-state index contributed by atoms with van der Waals surface area (Å²) in [6, 6.07) is 7.19. The summed E-state index contributed by atoms with van der Waals surface area (Å²) in [5.74, 6) is -0.590. The summed E-state index contributed by atoms with van der Waals surface area (Å²) in [6.07, 6.45) is 1.53. The second-order valence-electron chi connectivity index (χ2n) is 6.14. The number of nitrogens with zero attached hydrogens (tertiary/aromatic N) is 2. The van der Waals surface area contributed by atoms with Crippen LogP contribution in [0.2, 0.25) is 0 Å². The number of carbonyl (C=O) groups excluding carboxylic acids is 1. The molecule has 2 aromatic rings. The van der Waals surface area contributed by atoms with Gasteiger partial charge in [0.05, 0.1) is 16.4 Å². The zero-order chi connectivity index (χ0) is 20.1. The molecular formula is C17H19N3O6S2. The van der Waals surface area contributed by atoms with Crippen LogP contribution in [0.4, 0.5) is 5.69 Å². The molecule has 11 heteroatoms. The van der Waals surface area contributed by atoms with Crippen LogP contribution < -0.4 is 10.1 Å². The molecule has 2 heterocycles. The minimum atomic E-state index is -3.78. The van der Waals surface area contributed by atoms with Crippen LogP contribution in [0.15, 0.2) is 40.6 Å². The van der Waals surface area contributed by atoms with E-state index in [0.29, 0.717) is 19.6 Å². The molecule has 0 atom stereocenters. The van der Waals surface area contributed by atoms with Crippen molar-refractivity contribution >= 4 is 33.0 Å². The van der Waals surface area contributed by atoms with Crippen LogP contribution in [-0.2, 0) is 21.4 Å². The van der Waals surface area contributed by atoms with Crippen molar-refractivity contribution in [1.29, 1.82) is 0 Å². The molecule has 1 aromatic carbocycles. The van der Waals surface area contributed by atoms with Crippen molar-refractivity contribution in [2.24, 2.45) is 0 Å². The Hall–Kier alpha value is -2.50. The van der Waals surface area contributed by atoms with Crippen LogP contribution in [-0.4, -0.2) is 43.2 Å². The van der Waals surface area contributed by atoms with E-state index in [1.54, 1.807) is 0 Å². The summed E-state index contributed by atoms with van der Waals surface area (Å²) in [5, 5.41) is 15.9. The number of sulfonamides is 1. The molecule has 1 N–H and O–H groups in total. The van der Waals surface area contributed by atoms with E-state index in [9.17, 15) is 23.3 Å². The number of benzene rings is 1. The van der Waals surface area contributed by atoms with E-state index >= 15 is 0 Å². The highest BCUT2D eigenvalue weighted by Gasteiger charge is 2.30. The fourth-order valence-electron chi connectivity index (χ4n) is 2.79. The van der Waals surface area contributed by atoms with Crippen LogP contribution >= 0.6 is 11.3 Å². The Bertz CT molecular complexity index is 953. The van der Waals surface area contributed by atoms with Gasteiger partial charge in [-0.1, -0.05) is 6.07 Å². The van der Waals surface area contributed by atoms with Crippen LogP contribution in [0, 0.1) is 10.1 Å². The van der Waals surface area contributed by atoms with Gasteiger partial charge in [0.15, 0.2) is 12.4 Å². The lowest BCUT2D eigenvalue weighted by Gasteiger charge is -2.15. The lowest BCUT2D eigenvalue weighted by Crippen LogP contribution is -2.28. The number of rotatable bonds is 8. The van der Waals surface area contributed by atoms with E-state index in [1.807, 2.05) is 17.5 Å². The van der Waals surface area contributed by atoms with Gasteiger partial charge in [0, 0.05) is 24.0 Å². The number of hydrogen-bond acceptors (Lipinski definition) is 7. The standard InChI is InChI=1S/C17H19N3O6S2/c21-17(18-11-13-4-3-9-27-13)12-26-16-6-5-14(10-15(16)20(22)23)28(24,25)19-7-1-2-8-19/h3-6,9-10H,1-2,7-8,11-12H2,(H,18,21). The summed E-state index contributed by atoms with van der Waals surface area (Å²) >= 11 is 1.49. The average Bonchev–Trinajstić information content (AvgIpc) is 3.38. The maximum absolute atomic E-state index is 12.6. The Morgan fingerprint density at radius 3 is 2.68 bits per heavy atom. The molecular weight excluding hydrogens is 406 g/mol. The monoisotopic (exact) mass is 425 g/mol.